The first kappa shape index (κ1) is 15.9. The van der Waals surface area contributed by atoms with Crippen molar-refractivity contribution in [1.82, 2.24) is 10.2 Å². The maximum Gasteiger partial charge on any atom is 0.319 e. The normalized spacial score (nSPS) is 18.0. The molecule has 1 saturated heterocycles. The van der Waals surface area contributed by atoms with E-state index in [0.717, 1.165) is 31.8 Å². The molecule has 0 aliphatic carbocycles. The third kappa shape index (κ3) is 4.50. The Morgan fingerprint density at radius 2 is 2.17 bits per heavy atom. The van der Waals surface area contributed by atoms with E-state index in [-0.39, 0.29) is 6.03 Å². The number of nitrogens with one attached hydrogen (secondary N) is 2. The van der Waals surface area contributed by atoms with Crippen LogP contribution in [0.4, 0.5) is 10.5 Å². The van der Waals surface area contributed by atoms with E-state index < -0.39 is 0 Å². The van der Waals surface area contributed by atoms with Gasteiger partial charge < -0.3 is 15.1 Å². The maximum absolute atomic E-state index is 11.9. The molecule has 1 aromatic carbocycles. The average Bonchev–Trinajstić information content (AvgIpc) is 3.20. The highest BCUT2D eigenvalue weighted by Gasteiger charge is 2.23. The monoisotopic (exact) mass is 333 g/mol. The number of hydrogen-bond donors (Lipinski definition) is 2. The number of halogens is 1. The Morgan fingerprint density at radius 1 is 1.30 bits per heavy atom. The molecule has 2 amide bonds. The highest BCUT2D eigenvalue weighted by molar-refractivity contribution is 6.33. The zero-order chi connectivity index (χ0) is 16.1. The lowest BCUT2D eigenvalue weighted by atomic mass is 10.1. The van der Waals surface area contributed by atoms with Crippen LogP contribution in [0.15, 0.2) is 47.1 Å². The predicted molar refractivity (Wildman–Crippen MR) is 90.6 cm³/mol. The van der Waals surface area contributed by atoms with Crippen molar-refractivity contribution in [3.8, 4) is 0 Å². The molecule has 122 valence electrons. The number of anilines is 1. The van der Waals surface area contributed by atoms with Crippen molar-refractivity contribution in [2.75, 3.05) is 25.0 Å². The summed E-state index contributed by atoms with van der Waals surface area (Å²) in [5.74, 6) is 1.44. The van der Waals surface area contributed by atoms with Crippen LogP contribution in [0.1, 0.15) is 12.2 Å². The van der Waals surface area contributed by atoms with Gasteiger partial charge in [0.15, 0.2) is 0 Å². The summed E-state index contributed by atoms with van der Waals surface area (Å²) in [5.41, 5.74) is 0.623. The number of carbonyl (C=O) groups is 1. The van der Waals surface area contributed by atoms with Crippen molar-refractivity contribution < 1.29 is 9.21 Å². The average molecular weight is 334 g/mol. The summed E-state index contributed by atoms with van der Waals surface area (Å²) in [4.78, 5) is 14.3. The first-order valence-electron chi connectivity index (χ1n) is 7.75. The van der Waals surface area contributed by atoms with Gasteiger partial charge in [0.25, 0.3) is 0 Å². The number of amides is 2. The molecule has 23 heavy (non-hydrogen) atoms. The van der Waals surface area contributed by atoms with Crippen molar-refractivity contribution in [3.63, 3.8) is 0 Å². The molecular weight excluding hydrogens is 314 g/mol. The summed E-state index contributed by atoms with van der Waals surface area (Å²) < 4.78 is 5.37. The van der Waals surface area contributed by atoms with Gasteiger partial charge in [-0.2, -0.15) is 0 Å². The zero-order valence-electron chi connectivity index (χ0n) is 12.8. The van der Waals surface area contributed by atoms with Gasteiger partial charge >= 0.3 is 6.03 Å². The summed E-state index contributed by atoms with van der Waals surface area (Å²) in [6, 6.07) is 10.9. The minimum Gasteiger partial charge on any atom is -0.468 e. The quantitative estimate of drug-likeness (QED) is 0.879. The topological polar surface area (TPSA) is 57.5 Å². The maximum atomic E-state index is 11.9. The molecule has 0 unspecified atom stereocenters. The van der Waals surface area contributed by atoms with Crippen molar-refractivity contribution in [3.05, 3.63) is 53.4 Å². The zero-order valence-corrected chi connectivity index (χ0v) is 13.6. The largest absolute Gasteiger partial charge is 0.468 e. The Morgan fingerprint density at radius 3 is 2.96 bits per heavy atom. The Labute approximate surface area is 140 Å². The van der Waals surface area contributed by atoms with Crippen molar-refractivity contribution in [2.45, 2.75) is 13.0 Å². The van der Waals surface area contributed by atoms with E-state index in [9.17, 15) is 4.79 Å². The molecule has 0 radical (unpaired) electrons. The van der Waals surface area contributed by atoms with Crippen molar-refractivity contribution in [2.24, 2.45) is 5.92 Å². The Hall–Kier alpha value is -1.98. The standard InChI is InChI=1S/C17H20ClN3O2/c18-15-5-1-2-6-16(15)20-17(22)19-10-13-7-8-21(11-13)12-14-4-3-9-23-14/h1-6,9,13H,7-8,10-12H2,(H2,19,20,22)/t13-/m1/s1. The number of benzene rings is 1. The number of nitrogens with zero attached hydrogens (tertiary/aromatic N) is 1. The summed E-state index contributed by atoms with van der Waals surface area (Å²) in [7, 11) is 0. The summed E-state index contributed by atoms with van der Waals surface area (Å²) in [6.07, 6.45) is 2.77. The van der Waals surface area contributed by atoms with Gasteiger partial charge in [-0.25, -0.2) is 4.79 Å². The molecule has 2 heterocycles. The Balaban J connectivity index is 1.41. The second-order valence-electron chi connectivity index (χ2n) is 5.78. The molecule has 5 nitrogen and oxygen atoms in total. The Kier molecular flexibility index (Phi) is 5.20. The van der Waals surface area contributed by atoms with E-state index in [1.165, 1.54) is 0 Å². The van der Waals surface area contributed by atoms with Gasteiger partial charge in [-0.15, -0.1) is 0 Å². The number of carbonyl (C=O) groups excluding carboxylic acids is 1. The number of hydrogen-bond acceptors (Lipinski definition) is 3. The van der Waals surface area contributed by atoms with E-state index in [1.807, 2.05) is 24.3 Å². The summed E-state index contributed by atoms with van der Waals surface area (Å²) in [6.45, 7) is 3.48. The van der Waals surface area contributed by atoms with Gasteiger partial charge in [0.05, 0.1) is 23.5 Å². The SMILES string of the molecule is O=C(NC[C@H]1CCN(Cc2ccco2)C1)Nc1ccccc1Cl. The number of likely N-dealkylation sites (tertiary alicyclic amines) is 1. The highest BCUT2D eigenvalue weighted by Crippen LogP contribution is 2.21. The molecule has 0 spiro atoms. The molecule has 0 bridgehead atoms. The molecule has 1 fully saturated rings. The smallest absolute Gasteiger partial charge is 0.319 e. The van der Waals surface area contributed by atoms with Crippen LogP contribution in [0, 0.1) is 5.92 Å². The van der Waals surface area contributed by atoms with Crippen LogP contribution in [-0.4, -0.2) is 30.6 Å². The molecular formula is C17H20ClN3O2. The molecule has 3 rings (SSSR count). The second kappa shape index (κ2) is 7.53. The van der Waals surface area contributed by atoms with Crippen LogP contribution < -0.4 is 10.6 Å². The minimum atomic E-state index is -0.220. The van der Waals surface area contributed by atoms with Gasteiger partial charge in [-0.1, -0.05) is 23.7 Å². The van der Waals surface area contributed by atoms with Crippen LogP contribution in [0.3, 0.4) is 0 Å². The van der Waals surface area contributed by atoms with Gasteiger partial charge in [-0.05, 0) is 43.1 Å². The van der Waals surface area contributed by atoms with E-state index in [2.05, 4.69) is 15.5 Å². The first-order valence-corrected chi connectivity index (χ1v) is 8.12. The second-order valence-corrected chi connectivity index (χ2v) is 6.19. The molecule has 2 aromatic rings. The van der Waals surface area contributed by atoms with Gasteiger partial charge in [0, 0.05) is 13.1 Å². The fourth-order valence-electron chi connectivity index (χ4n) is 2.81. The molecule has 0 saturated carbocycles. The fraction of sp³-hybridized carbons (Fsp3) is 0.353. The van der Waals surface area contributed by atoms with E-state index in [1.54, 1.807) is 18.4 Å². The van der Waals surface area contributed by atoms with Gasteiger partial charge in [-0.3, -0.25) is 4.90 Å². The van der Waals surface area contributed by atoms with Crippen LogP contribution in [0.25, 0.3) is 0 Å². The number of rotatable bonds is 5. The highest BCUT2D eigenvalue weighted by atomic mass is 35.5. The van der Waals surface area contributed by atoms with Gasteiger partial charge in [0.1, 0.15) is 5.76 Å². The fourth-order valence-corrected chi connectivity index (χ4v) is 3.00. The number of urea groups is 1. The lowest BCUT2D eigenvalue weighted by Gasteiger charge is -2.15. The lowest BCUT2D eigenvalue weighted by molar-refractivity contribution is 0.249. The van der Waals surface area contributed by atoms with E-state index >= 15 is 0 Å². The molecule has 1 aliphatic heterocycles. The molecule has 2 N–H and O–H groups in total. The van der Waals surface area contributed by atoms with Crippen molar-refractivity contribution in [1.29, 1.82) is 0 Å². The Bertz CT molecular complexity index is 645. The molecule has 1 aromatic heterocycles. The summed E-state index contributed by atoms with van der Waals surface area (Å²) >= 11 is 6.02. The van der Waals surface area contributed by atoms with E-state index in [0.29, 0.717) is 23.2 Å². The molecule has 1 aliphatic rings. The first-order chi connectivity index (χ1) is 11.2. The van der Waals surface area contributed by atoms with Crippen LogP contribution >= 0.6 is 11.6 Å². The molecule has 1 atom stereocenters. The third-order valence-electron chi connectivity index (χ3n) is 4.00. The van der Waals surface area contributed by atoms with Crippen LogP contribution in [0.2, 0.25) is 5.02 Å². The van der Waals surface area contributed by atoms with E-state index in [4.69, 9.17) is 16.0 Å². The summed E-state index contributed by atoms with van der Waals surface area (Å²) in [5, 5.41) is 6.23. The third-order valence-corrected chi connectivity index (χ3v) is 4.33. The van der Waals surface area contributed by atoms with Crippen LogP contribution in [0.5, 0.6) is 0 Å². The lowest BCUT2D eigenvalue weighted by Crippen LogP contribution is -2.34. The predicted octanol–water partition coefficient (Wildman–Crippen LogP) is 3.58. The van der Waals surface area contributed by atoms with Gasteiger partial charge in [0.2, 0.25) is 0 Å². The number of para-hydroxylation sites is 1. The molecule has 6 heteroatoms. The van der Waals surface area contributed by atoms with Crippen molar-refractivity contribution >= 4 is 23.3 Å². The minimum absolute atomic E-state index is 0.220. The number of furan rings is 1. The van der Waals surface area contributed by atoms with Crippen LogP contribution in [-0.2, 0) is 6.54 Å².